The number of benzene rings is 2. The second-order valence-corrected chi connectivity index (χ2v) is 7.59. The molecule has 1 aliphatic heterocycles. The molecule has 0 unspecified atom stereocenters. The van der Waals surface area contributed by atoms with E-state index in [4.69, 9.17) is 4.74 Å². The summed E-state index contributed by atoms with van der Waals surface area (Å²) in [4.78, 5) is 26.8. The standard InChI is InChI=1S/C21H23BrN2O3/c1-4-27-17-7-5-16(6-8-17)24-12-15(11-20(24)25)21(26)23-19-10-13(2)18(22)9-14(19)3/h5-10,15H,4,11-12H2,1-3H3,(H,23,26)/t15-/m1/s1. The smallest absolute Gasteiger partial charge is 0.229 e. The van der Waals surface area contributed by atoms with Gasteiger partial charge in [-0.3, -0.25) is 9.59 Å². The maximum Gasteiger partial charge on any atom is 0.229 e. The molecule has 0 radical (unpaired) electrons. The molecule has 1 fully saturated rings. The van der Waals surface area contributed by atoms with Crippen molar-refractivity contribution in [3.63, 3.8) is 0 Å². The molecule has 0 spiro atoms. The topological polar surface area (TPSA) is 58.6 Å². The van der Waals surface area contributed by atoms with Crippen molar-refractivity contribution in [1.29, 1.82) is 0 Å². The Bertz CT molecular complexity index is 864. The molecule has 1 atom stereocenters. The van der Waals surface area contributed by atoms with Crippen LogP contribution >= 0.6 is 15.9 Å². The van der Waals surface area contributed by atoms with Crippen molar-refractivity contribution >= 4 is 39.1 Å². The Balaban J connectivity index is 1.69. The molecule has 0 aliphatic carbocycles. The van der Waals surface area contributed by atoms with Crippen molar-refractivity contribution in [2.24, 2.45) is 5.92 Å². The second-order valence-electron chi connectivity index (χ2n) is 6.74. The highest BCUT2D eigenvalue weighted by Crippen LogP contribution is 2.29. The third-order valence-electron chi connectivity index (χ3n) is 4.72. The molecule has 0 saturated carbocycles. The van der Waals surface area contributed by atoms with Crippen molar-refractivity contribution in [1.82, 2.24) is 0 Å². The number of carbonyl (C=O) groups is 2. The van der Waals surface area contributed by atoms with Crippen molar-refractivity contribution in [3.05, 3.63) is 52.0 Å². The molecule has 0 bridgehead atoms. The van der Waals surface area contributed by atoms with Gasteiger partial charge in [-0.05, 0) is 68.3 Å². The Hall–Kier alpha value is -2.34. The summed E-state index contributed by atoms with van der Waals surface area (Å²) in [7, 11) is 0. The van der Waals surface area contributed by atoms with Gasteiger partial charge < -0.3 is 15.0 Å². The number of aryl methyl sites for hydroxylation is 2. The molecule has 6 heteroatoms. The average molecular weight is 431 g/mol. The van der Waals surface area contributed by atoms with E-state index in [1.165, 1.54) is 0 Å². The van der Waals surface area contributed by atoms with Crippen LogP contribution in [0.15, 0.2) is 40.9 Å². The zero-order valence-corrected chi connectivity index (χ0v) is 17.3. The minimum atomic E-state index is -0.368. The maximum atomic E-state index is 12.7. The Morgan fingerprint density at radius 3 is 2.59 bits per heavy atom. The molecule has 2 amide bonds. The van der Waals surface area contributed by atoms with E-state index in [9.17, 15) is 9.59 Å². The molecule has 2 aromatic rings. The van der Waals surface area contributed by atoms with Crippen LogP contribution in [-0.2, 0) is 9.59 Å². The summed E-state index contributed by atoms with van der Waals surface area (Å²) >= 11 is 3.50. The van der Waals surface area contributed by atoms with Crippen LogP contribution in [0.2, 0.25) is 0 Å². The molecule has 142 valence electrons. The predicted molar refractivity (Wildman–Crippen MR) is 110 cm³/mol. The number of anilines is 2. The Morgan fingerprint density at radius 1 is 1.22 bits per heavy atom. The zero-order chi connectivity index (χ0) is 19.6. The van der Waals surface area contributed by atoms with Crippen LogP contribution in [0.1, 0.15) is 24.5 Å². The van der Waals surface area contributed by atoms with E-state index in [-0.39, 0.29) is 24.2 Å². The lowest BCUT2D eigenvalue weighted by Gasteiger charge is -2.17. The molecule has 1 heterocycles. The quantitative estimate of drug-likeness (QED) is 0.761. The molecule has 1 saturated heterocycles. The number of carbonyl (C=O) groups excluding carboxylic acids is 2. The molecular formula is C21H23BrN2O3. The predicted octanol–water partition coefficient (Wildman–Crippen LogP) is 4.46. The summed E-state index contributed by atoms with van der Waals surface area (Å²) < 4.78 is 6.44. The first-order valence-corrected chi connectivity index (χ1v) is 9.79. The van der Waals surface area contributed by atoms with Gasteiger partial charge in [-0.15, -0.1) is 0 Å². The molecule has 1 N–H and O–H groups in total. The van der Waals surface area contributed by atoms with Gasteiger partial charge in [-0.1, -0.05) is 15.9 Å². The highest BCUT2D eigenvalue weighted by Gasteiger charge is 2.35. The fourth-order valence-electron chi connectivity index (χ4n) is 3.17. The Labute approximate surface area is 167 Å². The van der Waals surface area contributed by atoms with Gasteiger partial charge in [-0.25, -0.2) is 0 Å². The number of halogens is 1. The van der Waals surface area contributed by atoms with Crippen LogP contribution in [-0.4, -0.2) is 25.0 Å². The van der Waals surface area contributed by atoms with Crippen LogP contribution in [0.3, 0.4) is 0 Å². The third kappa shape index (κ3) is 4.33. The van der Waals surface area contributed by atoms with Crippen molar-refractivity contribution in [2.75, 3.05) is 23.4 Å². The molecule has 5 nitrogen and oxygen atoms in total. The summed E-state index contributed by atoms with van der Waals surface area (Å²) in [5.41, 5.74) is 3.60. The van der Waals surface area contributed by atoms with Crippen LogP contribution in [0.25, 0.3) is 0 Å². The molecular weight excluding hydrogens is 408 g/mol. The van der Waals surface area contributed by atoms with Gasteiger partial charge >= 0.3 is 0 Å². The Kier molecular flexibility index (Phi) is 5.85. The lowest BCUT2D eigenvalue weighted by atomic mass is 10.1. The van der Waals surface area contributed by atoms with Gasteiger partial charge in [0, 0.05) is 28.8 Å². The number of ether oxygens (including phenoxy) is 1. The lowest BCUT2D eigenvalue weighted by Crippen LogP contribution is -2.28. The summed E-state index contributed by atoms with van der Waals surface area (Å²) in [6, 6.07) is 11.3. The van der Waals surface area contributed by atoms with Gasteiger partial charge in [0.2, 0.25) is 11.8 Å². The highest BCUT2D eigenvalue weighted by molar-refractivity contribution is 9.10. The number of amides is 2. The number of hydrogen-bond acceptors (Lipinski definition) is 3. The number of hydrogen-bond donors (Lipinski definition) is 1. The van der Waals surface area contributed by atoms with Crippen molar-refractivity contribution in [3.8, 4) is 5.75 Å². The zero-order valence-electron chi connectivity index (χ0n) is 15.7. The van der Waals surface area contributed by atoms with Crippen LogP contribution < -0.4 is 15.0 Å². The third-order valence-corrected chi connectivity index (χ3v) is 5.57. The first kappa shape index (κ1) is 19.4. The highest BCUT2D eigenvalue weighted by atomic mass is 79.9. The van der Waals surface area contributed by atoms with Gasteiger partial charge in [0.15, 0.2) is 0 Å². The number of nitrogens with zero attached hydrogens (tertiary/aromatic N) is 1. The molecule has 2 aromatic carbocycles. The van der Waals surface area contributed by atoms with Gasteiger partial charge in [0.05, 0.1) is 12.5 Å². The van der Waals surface area contributed by atoms with E-state index in [0.29, 0.717) is 13.2 Å². The maximum absolute atomic E-state index is 12.7. The largest absolute Gasteiger partial charge is 0.494 e. The number of nitrogens with one attached hydrogen (secondary N) is 1. The summed E-state index contributed by atoms with van der Waals surface area (Å²) in [6.07, 6.45) is 0.216. The van der Waals surface area contributed by atoms with Gasteiger partial charge in [0.1, 0.15) is 5.75 Å². The van der Waals surface area contributed by atoms with Crippen LogP contribution in [0.5, 0.6) is 5.75 Å². The summed E-state index contributed by atoms with van der Waals surface area (Å²) in [5.74, 6) is 0.236. The van der Waals surface area contributed by atoms with Gasteiger partial charge in [0.25, 0.3) is 0 Å². The van der Waals surface area contributed by atoms with E-state index in [0.717, 1.165) is 32.7 Å². The van der Waals surface area contributed by atoms with E-state index < -0.39 is 0 Å². The number of rotatable bonds is 5. The summed E-state index contributed by atoms with van der Waals surface area (Å²) in [5, 5.41) is 2.98. The molecule has 1 aliphatic rings. The minimum absolute atomic E-state index is 0.0389. The van der Waals surface area contributed by atoms with E-state index in [1.807, 2.05) is 57.2 Å². The fraction of sp³-hybridized carbons (Fsp3) is 0.333. The van der Waals surface area contributed by atoms with Crippen molar-refractivity contribution < 1.29 is 14.3 Å². The molecule has 27 heavy (non-hydrogen) atoms. The summed E-state index contributed by atoms with van der Waals surface area (Å²) in [6.45, 7) is 6.83. The van der Waals surface area contributed by atoms with E-state index >= 15 is 0 Å². The van der Waals surface area contributed by atoms with Crippen LogP contribution in [0.4, 0.5) is 11.4 Å². The van der Waals surface area contributed by atoms with E-state index in [2.05, 4.69) is 21.2 Å². The fourth-order valence-corrected chi connectivity index (χ4v) is 3.63. The van der Waals surface area contributed by atoms with Crippen LogP contribution in [0, 0.1) is 19.8 Å². The normalized spacial score (nSPS) is 16.5. The second kappa shape index (κ2) is 8.13. The molecule has 3 rings (SSSR count). The van der Waals surface area contributed by atoms with E-state index in [1.54, 1.807) is 4.90 Å². The Morgan fingerprint density at radius 2 is 1.93 bits per heavy atom. The first-order valence-electron chi connectivity index (χ1n) is 9.00. The monoisotopic (exact) mass is 430 g/mol. The lowest BCUT2D eigenvalue weighted by molar-refractivity contribution is -0.122. The first-order chi connectivity index (χ1) is 12.9. The average Bonchev–Trinajstić information content (AvgIpc) is 3.02. The SMILES string of the molecule is CCOc1ccc(N2C[C@H](C(=O)Nc3cc(C)c(Br)cc3C)CC2=O)cc1. The minimum Gasteiger partial charge on any atom is -0.494 e. The van der Waals surface area contributed by atoms with Crippen molar-refractivity contribution in [2.45, 2.75) is 27.2 Å². The van der Waals surface area contributed by atoms with Gasteiger partial charge in [-0.2, -0.15) is 0 Å². The molecule has 0 aromatic heterocycles.